The highest BCUT2D eigenvalue weighted by atomic mass is 79.9. The van der Waals surface area contributed by atoms with Crippen LogP contribution in [0, 0.1) is 5.92 Å². The van der Waals surface area contributed by atoms with Crippen molar-refractivity contribution < 1.29 is 0 Å². The van der Waals surface area contributed by atoms with E-state index in [-0.39, 0.29) is 0 Å². The zero-order valence-corrected chi connectivity index (χ0v) is 12.5. The number of pyridine rings is 1. The van der Waals surface area contributed by atoms with Crippen LogP contribution in [0.2, 0.25) is 5.02 Å². The molecule has 2 nitrogen and oxygen atoms in total. The van der Waals surface area contributed by atoms with E-state index in [1.807, 2.05) is 6.07 Å². The van der Waals surface area contributed by atoms with Crippen LogP contribution in [0.5, 0.6) is 0 Å². The van der Waals surface area contributed by atoms with E-state index in [2.05, 4.69) is 32.9 Å². The highest BCUT2D eigenvalue weighted by molar-refractivity contribution is 9.10. The summed E-state index contributed by atoms with van der Waals surface area (Å²) in [4.78, 5) is 6.58. The van der Waals surface area contributed by atoms with Gasteiger partial charge < -0.3 is 4.90 Å². The SMILES string of the molecule is CN(CC1CCCCC1)c1ncc(Br)cc1Cl. The van der Waals surface area contributed by atoms with Gasteiger partial charge in [-0.15, -0.1) is 0 Å². The Balaban J connectivity index is 2.00. The van der Waals surface area contributed by atoms with Crippen LogP contribution in [0.15, 0.2) is 16.7 Å². The molecule has 1 aromatic heterocycles. The van der Waals surface area contributed by atoms with Gasteiger partial charge in [0.25, 0.3) is 0 Å². The first kappa shape index (κ1) is 13.2. The molecule has 1 aliphatic carbocycles. The zero-order valence-electron chi connectivity index (χ0n) is 10.1. The molecule has 0 aromatic carbocycles. The maximum atomic E-state index is 6.21. The lowest BCUT2D eigenvalue weighted by Crippen LogP contribution is -2.27. The second kappa shape index (κ2) is 6.05. The van der Waals surface area contributed by atoms with Crippen molar-refractivity contribution in [3.05, 3.63) is 21.8 Å². The highest BCUT2D eigenvalue weighted by Gasteiger charge is 2.17. The molecule has 0 amide bonds. The zero-order chi connectivity index (χ0) is 12.3. The van der Waals surface area contributed by atoms with Crippen LogP contribution in [-0.2, 0) is 0 Å². The van der Waals surface area contributed by atoms with Gasteiger partial charge in [0.1, 0.15) is 5.82 Å². The Kier molecular flexibility index (Phi) is 4.69. The fraction of sp³-hybridized carbons (Fsp3) is 0.615. The maximum absolute atomic E-state index is 6.21. The fourth-order valence-electron chi connectivity index (χ4n) is 2.53. The molecule has 17 heavy (non-hydrogen) atoms. The minimum Gasteiger partial charge on any atom is -0.358 e. The first-order valence-corrected chi connectivity index (χ1v) is 7.36. The number of rotatable bonds is 3. The number of anilines is 1. The summed E-state index contributed by atoms with van der Waals surface area (Å²) in [5, 5.41) is 0.720. The molecule has 1 heterocycles. The highest BCUT2D eigenvalue weighted by Crippen LogP contribution is 2.29. The first-order chi connectivity index (χ1) is 8.16. The molecule has 1 aliphatic rings. The standard InChI is InChI=1S/C13H18BrClN2/c1-17(9-10-5-3-2-4-6-10)13-12(15)7-11(14)8-16-13/h7-8,10H,2-6,9H2,1H3. The van der Waals surface area contributed by atoms with Gasteiger partial charge in [0.05, 0.1) is 5.02 Å². The lowest BCUT2D eigenvalue weighted by molar-refractivity contribution is 0.361. The van der Waals surface area contributed by atoms with Crippen LogP contribution in [0.4, 0.5) is 5.82 Å². The normalized spacial score (nSPS) is 17.1. The average Bonchev–Trinajstić information content (AvgIpc) is 2.30. The van der Waals surface area contributed by atoms with Gasteiger partial charge in [0.2, 0.25) is 0 Å². The predicted molar refractivity (Wildman–Crippen MR) is 76.8 cm³/mol. The lowest BCUT2D eigenvalue weighted by Gasteiger charge is -2.28. The molecule has 0 atom stereocenters. The Bertz CT molecular complexity index is 378. The van der Waals surface area contributed by atoms with E-state index in [0.29, 0.717) is 0 Å². The molecule has 1 aromatic rings. The van der Waals surface area contributed by atoms with Crippen molar-refractivity contribution in [2.24, 2.45) is 5.92 Å². The van der Waals surface area contributed by atoms with E-state index >= 15 is 0 Å². The topological polar surface area (TPSA) is 16.1 Å². The van der Waals surface area contributed by atoms with Crippen LogP contribution in [0.3, 0.4) is 0 Å². The van der Waals surface area contributed by atoms with Gasteiger partial charge in [0.15, 0.2) is 0 Å². The van der Waals surface area contributed by atoms with Crippen molar-refractivity contribution in [2.45, 2.75) is 32.1 Å². The van der Waals surface area contributed by atoms with Gasteiger partial charge in [-0.25, -0.2) is 4.98 Å². The van der Waals surface area contributed by atoms with Gasteiger partial charge in [0, 0.05) is 24.3 Å². The summed E-state index contributed by atoms with van der Waals surface area (Å²) in [7, 11) is 2.08. The van der Waals surface area contributed by atoms with Crippen LogP contribution in [0.25, 0.3) is 0 Å². The van der Waals surface area contributed by atoms with E-state index in [4.69, 9.17) is 11.6 Å². The quantitative estimate of drug-likeness (QED) is 0.815. The van der Waals surface area contributed by atoms with E-state index in [1.165, 1.54) is 32.1 Å². The molecule has 0 radical (unpaired) electrons. The summed E-state index contributed by atoms with van der Waals surface area (Å²) in [6, 6.07) is 1.90. The molecule has 94 valence electrons. The van der Waals surface area contributed by atoms with Gasteiger partial charge in [-0.3, -0.25) is 0 Å². The second-order valence-corrected chi connectivity index (χ2v) is 6.17. The monoisotopic (exact) mass is 316 g/mol. The summed E-state index contributed by atoms with van der Waals surface area (Å²) in [5.41, 5.74) is 0. The maximum Gasteiger partial charge on any atom is 0.147 e. The Morgan fingerprint density at radius 3 is 2.76 bits per heavy atom. The van der Waals surface area contributed by atoms with Crippen molar-refractivity contribution in [2.75, 3.05) is 18.5 Å². The summed E-state index contributed by atoms with van der Waals surface area (Å²) < 4.78 is 0.928. The van der Waals surface area contributed by atoms with Gasteiger partial charge in [-0.1, -0.05) is 30.9 Å². The van der Waals surface area contributed by atoms with Gasteiger partial charge in [-0.05, 0) is 40.8 Å². The molecule has 0 unspecified atom stereocenters. The molecule has 0 saturated heterocycles. The third kappa shape index (κ3) is 3.59. The van der Waals surface area contributed by atoms with Crippen molar-refractivity contribution in [3.63, 3.8) is 0 Å². The smallest absolute Gasteiger partial charge is 0.147 e. The molecule has 0 aliphatic heterocycles. The van der Waals surface area contributed by atoms with E-state index in [1.54, 1.807) is 6.20 Å². The number of halogens is 2. The average molecular weight is 318 g/mol. The number of nitrogens with zero attached hydrogens (tertiary/aromatic N) is 2. The third-order valence-corrected chi connectivity index (χ3v) is 4.12. The largest absolute Gasteiger partial charge is 0.358 e. The Morgan fingerprint density at radius 2 is 2.12 bits per heavy atom. The molecule has 0 spiro atoms. The predicted octanol–water partition coefficient (Wildman–Crippen LogP) is 4.51. The minimum atomic E-state index is 0.720. The molecule has 4 heteroatoms. The molecular weight excluding hydrogens is 300 g/mol. The summed E-state index contributed by atoms with van der Waals surface area (Å²) >= 11 is 9.59. The van der Waals surface area contributed by atoms with Crippen LogP contribution >= 0.6 is 27.5 Å². The molecule has 1 saturated carbocycles. The molecular formula is C13H18BrClN2. The number of aromatic nitrogens is 1. The number of hydrogen-bond donors (Lipinski definition) is 0. The molecule has 1 fully saturated rings. The summed E-state index contributed by atoms with van der Waals surface area (Å²) in [6.07, 6.45) is 8.65. The van der Waals surface area contributed by atoms with E-state index in [9.17, 15) is 0 Å². The number of hydrogen-bond acceptors (Lipinski definition) is 2. The van der Waals surface area contributed by atoms with Crippen LogP contribution < -0.4 is 4.90 Å². The Morgan fingerprint density at radius 1 is 1.41 bits per heavy atom. The van der Waals surface area contributed by atoms with E-state index in [0.717, 1.165) is 27.8 Å². The third-order valence-electron chi connectivity index (χ3n) is 3.41. The summed E-state index contributed by atoms with van der Waals surface area (Å²) in [6.45, 7) is 1.06. The summed E-state index contributed by atoms with van der Waals surface area (Å²) in [5.74, 6) is 1.69. The second-order valence-electron chi connectivity index (χ2n) is 4.84. The van der Waals surface area contributed by atoms with Crippen molar-refractivity contribution >= 4 is 33.3 Å². The van der Waals surface area contributed by atoms with Crippen molar-refractivity contribution in [1.29, 1.82) is 0 Å². The van der Waals surface area contributed by atoms with Crippen molar-refractivity contribution in [3.8, 4) is 0 Å². The molecule has 0 N–H and O–H groups in total. The fourth-order valence-corrected chi connectivity index (χ4v) is 3.31. The van der Waals surface area contributed by atoms with Crippen LogP contribution in [-0.4, -0.2) is 18.6 Å². The van der Waals surface area contributed by atoms with Crippen LogP contribution in [0.1, 0.15) is 32.1 Å². The van der Waals surface area contributed by atoms with E-state index < -0.39 is 0 Å². The molecule has 0 bridgehead atoms. The van der Waals surface area contributed by atoms with Gasteiger partial charge in [-0.2, -0.15) is 0 Å². The van der Waals surface area contributed by atoms with Gasteiger partial charge >= 0.3 is 0 Å². The minimum absolute atomic E-state index is 0.720. The Hall–Kier alpha value is -0.280. The Labute approximate surface area is 116 Å². The lowest BCUT2D eigenvalue weighted by atomic mass is 9.89. The van der Waals surface area contributed by atoms with Crippen molar-refractivity contribution in [1.82, 2.24) is 4.98 Å². The molecule has 2 rings (SSSR count). The first-order valence-electron chi connectivity index (χ1n) is 6.19.